The fraction of sp³-hybridized carbons (Fsp3) is 0.300. The lowest BCUT2D eigenvalue weighted by molar-refractivity contribution is 0.0936. The monoisotopic (exact) mass is 274 g/mol. The summed E-state index contributed by atoms with van der Waals surface area (Å²) in [5, 5.41) is 28.1. The van der Waals surface area contributed by atoms with E-state index in [2.05, 4.69) is 15.9 Å². The van der Waals surface area contributed by atoms with Crippen LogP contribution in [-0.2, 0) is 0 Å². The Morgan fingerprint density at radius 1 is 1.20 bits per heavy atom. The Bertz CT molecular complexity index is 412. The summed E-state index contributed by atoms with van der Waals surface area (Å²) in [6, 6.07) is 1.28. The molecule has 0 saturated heterocycles. The number of benzene rings is 1. The van der Waals surface area contributed by atoms with E-state index in [1.165, 1.54) is 6.07 Å². The number of phenols is 3. The third-order valence-electron chi connectivity index (χ3n) is 1.99. The predicted octanol–water partition coefficient (Wildman–Crippen LogP) is 2.40. The van der Waals surface area contributed by atoms with E-state index in [9.17, 15) is 20.1 Å². The highest BCUT2D eigenvalue weighted by Gasteiger charge is 2.21. The lowest BCUT2D eigenvalue weighted by atomic mass is 10.00. The molecule has 0 amide bonds. The van der Waals surface area contributed by atoms with Crippen molar-refractivity contribution in [2.75, 3.05) is 0 Å². The van der Waals surface area contributed by atoms with Crippen molar-refractivity contribution >= 4 is 21.7 Å². The standard InChI is InChI=1S/C10H11BrO4/c1-4(2)7(12)5-3-6(11)9(14)10(15)8(5)13/h3-4,13-15H,1-2H3. The van der Waals surface area contributed by atoms with Gasteiger partial charge < -0.3 is 15.3 Å². The van der Waals surface area contributed by atoms with Gasteiger partial charge in [0.2, 0.25) is 5.75 Å². The first-order chi connectivity index (χ1) is 6.86. The molecule has 1 rings (SSSR count). The van der Waals surface area contributed by atoms with Gasteiger partial charge in [-0.25, -0.2) is 0 Å². The normalized spacial score (nSPS) is 10.7. The number of hydrogen-bond acceptors (Lipinski definition) is 4. The van der Waals surface area contributed by atoms with E-state index >= 15 is 0 Å². The van der Waals surface area contributed by atoms with Crippen LogP contribution >= 0.6 is 15.9 Å². The summed E-state index contributed by atoms with van der Waals surface area (Å²) in [5.74, 6) is -2.36. The van der Waals surface area contributed by atoms with Crippen LogP contribution in [0, 0.1) is 5.92 Å². The molecule has 0 heterocycles. The number of aromatic hydroxyl groups is 3. The van der Waals surface area contributed by atoms with Crippen molar-refractivity contribution in [3.63, 3.8) is 0 Å². The molecule has 4 nitrogen and oxygen atoms in total. The van der Waals surface area contributed by atoms with Crippen LogP contribution in [0.25, 0.3) is 0 Å². The fourth-order valence-corrected chi connectivity index (χ4v) is 1.53. The number of carbonyl (C=O) groups excluding carboxylic acids is 1. The minimum atomic E-state index is -0.687. The first-order valence-corrected chi connectivity index (χ1v) is 5.13. The lowest BCUT2D eigenvalue weighted by Crippen LogP contribution is -2.07. The first kappa shape index (κ1) is 11.8. The lowest BCUT2D eigenvalue weighted by Gasteiger charge is -2.10. The van der Waals surface area contributed by atoms with Crippen LogP contribution in [0.3, 0.4) is 0 Å². The zero-order chi connectivity index (χ0) is 11.7. The number of Topliss-reactive ketones (excluding diaryl/α,β-unsaturated/α-hetero) is 1. The summed E-state index contributed by atoms with van der Waals surface area (Å²) in [5.41, 5.74) is -0.00725. The van der Waals surface area contributed by atoms with E-state index in [1.54, 1.807) is 13.8 Å². The minimum absolute atomic E-state index is 0.00725. The van der Waals surface area contributed by atoms with Crippen molar-refractivity contribution in [2.45, 2.75) is 13.8 Å². The zero-order valence-electron chi connectivity index (χ0n) is 8.28. The van der Waals surface area contributed by atoms with Gasteiger partial charge in [0.05, 0.1) is 10.0 Å². The molecule has 0 bridgehead atoms. The van der Waals surface area contributed by atoms with Crippen LogP contribution in [0.1, 0.15) is 24.2 Å². The molecule has 0 fully saturated rings. The van der Waals surface area contributed by atoms with Crippen molar-refractivity contribution in [3.8, 4) is 17.2 Å². The van der Waals surface area contributed by atoms with E-state index in [1.807, 2.05) is 0 Å². The number of ketones is 1. The van der Waals surface area contributed by atoms with Gasteiger partial charge in [0, 0.05) is 5.92 Å². The summed E-state index contributed by atoms with van der Waals surface area (Å²) < 4.78 is 0.168. The Hall–Kier alpha value is -1.23. The summed E-state index contributed by atoms with van der Waals surface area (Å²) in [4.78, 5) is 11.6. The highest BCUT2D eigenvalue weighted by Crippen LogP contribution is 2.43. The molecule has 5 heteroatoms. The summed E-state index contributed by atoms with van der Waals surface area (Å²) >= 11 is 2.98. The van der Waals surface area contributed by atoms with Crippen LogP contribution in [0.15, 0.2) is 10.5 Å². The van der Waals surface area contributed by atoms with Gasteiger partial charge in [0.1, 0.15) is 0 Å². The topological polar surface area (TPSA) is 77.8 Å². The van der Waals surface area contributed by atoms with Crippen LogP contribution in [0.2, 0.25) is 0 Å². The van der Waals surface area contributed by atoms with E-state index in [0.717, 1.165) is 0 Å². The number of hydrogen-bond donors (Lipinski definition) is 3. The maximum Gasteiger partial charge on any atom is 0.202 e. The third-order valence-corrected chi connectivity index (χ3v) is 2.60. The molecule has 0 radical (unpaired) electrons. The molecule has 0 aliphatic rings. The average molecular weight is 275 g/mol. The van der Waals surface area contributed by atoms with E-state index in [-0.39, 0.29) is 21.7 Å². The molecule has 0 aliphatic heterocycles. The number of halogens is 1. The zero-order valence-corrected chi connectivity index (χ0v) is 9.87. The summed E-state index contributed by atoms with van der Waals surface area (Å²) in [6.07, 6.45) is 0. The molecule has 0 aliphatic carbocycles. The van der Waals surface area contributed by atoms with Crippen molar-refractivity contribution in [1.82, 2.24) is 0 Å². The van der Waals surface area contributed by atoms with Crippen molar-refractivity contribution in [2.24, 2.45) is 5.92 Å². The fourth-order valence-electron chi connectivity index (χ4n) is 1.12. The van der Waals surface area contributed by atoms with Crippen LogP contribution in [-0.4, -0.2) is 21.1 Å². The second-order valence-corrected chi connectivity index (χ2v) is 4.33. The van der Waals surface area contributed by atoms with Gasteiger partial charge in [0.15, 0.2) is 17.3 Å². The van der Waals surface area contributed by atoms with Crippen molar-refractivity contribution in [3.05, 3.63) is 16.1 Å². The summed E-state index contributed by atoms with van der Waals surface area (Å²) in [7, 11) is 0. The van der Waals surface area contributed by atoms with Gasteiger partial charge in [-0.3, -0.25) is 4.79 Å². The highest BCUT2D eigenvalue weighted by atomic mass is 79.9. The van der Waals surface area contributed by atoms with Crippen LogP contribution in [0.5, 0.6) is 17.2 Å². The molecular formula is C10H11BrO4. The van der Waals surface area contributed by atoms with E-state index in [0.29, 0.717) is 0 Å². The molecule has 15 heavy (non-hydrogen) atoms. The minimum Gasteiger partial charge on any atom is -0.504 e. The quantitative estimate of drug-likeness (QED) is 0.572. The number of phenolic OH excluding ortho intramolecular Hbond substituents is 3. The second-order valence-electron chi connectivity index (χ2n) is 3.47. The van der Waals surface area contributed by atoms with Gasteiger partial charge in [0.25, 0.3) is 0 Å². The molecule has 0 spiro atoms. The SMILES string of the molecule is CC(C)C(=O)c1cc(Br)c(O)c(O)c1O. The Balaban J connectivity index is 3.39. The Labute approximate surface area is 95.3 Å². The van der Waals surface area contributed by atoms with Gasteiger partial charge in [-0.15, -0.1) is 0 Å². The Morgan fingerprint density at radius 3 is 2.20 bits per heavy atom. The van der Waals surface area contributed by atoms with E-state index < -0.39 is 17.2 Å². The van der Waals surface area contributed by atoms with Crippen LogP contribution < -0.4 is 0 Å². The molecular weight excluding hydrogens is 264 g/mol. The number of rotatable bonds is 2. The second kappa shape index (κ2) is 4.10. The highest BCUT2D eigenvalue weighted by molar-refractivity contribution is 9.10. The van der Waals surface area contributed by atoms with Crippen molar-refractivity contribution in [1.29, 1.82) is 0 Å². The first-order valence-electron chi connectivity index (χ1n) is 4.33. The number of carbonyl (C=O) groups is 1. The van der Waals surface area contributed by atoms with Gasteiger partial charge in [-0.05, 0) is 22.0 Å². The van der Waals surface area contributed by atoms with Crippen molar-refractivity contribution < 1.29 is 20.1 Å². The average Bonchev–Trinajstić information content (AvgIpc) is 2.19. The maximum atomic E-state index is 11.6. The van der Waals surface area contributed by atoms with E-state index in [4.69, 9.17) is 0 Å². The molecule has 0 atom stereocenters. The summed E-state index contributed by atoms with van der Waals surface area (Å²) in [6.45, 7) is 3.36. The van der Waals surface area contributed by atoms with Gasteiger partial charge in [-0.2, -0.15) is 0 Å². The smallest absolute Gasteiger partial charge is 0.202 e. The van der Waals surface area contributed by atoms with Gasteiger partial charge in [-0.1, -0.05) is 13.8 Å². The molecule has 0 unspecified atom stereocenters. The molecule has 82 valence electrons. The maximum absolute atomic E-state index is 11.6. The van der Waals surface area contributed by atoms with Crippen LogP contribution in [0.4, 0.5) is 0 Å². The third kappa shape index (κ3) is 2.07. The van der Waals surface area contributed by atoms with Gasteiger partial charge >= 0.3 is 0 Å². The predicted molar refractivity (Wildman–Crippen MR) is 58.3 cm³/mol. The molecule has 0 saturated carbocycles. The molecule has 1 aromatic rings. The Morgan fingerprint density at radius 2 is 1.73 bits per heavy atom. The molecule has 3 N–H and O–H groups in total. The Kier molecular flexibility index (Phi) is 3.24. The largest absolute Gasteiger partial charge is 0.504 e. The molecule has 1 aromatic carbocycles. The molecule has 0 aromatic heterocycles.